The lowest BCUT2D eigenvalue weighted by Gasteiger charge is -2.24. The molecule has 3 aromatic rings. The molecule has 1 saturated carbocycles. The van der Waals surface area contributed by atoms with Crippen LogP contribution in [-0.4, -0.2) is 15.4 Å². The van der Waals surface area contributed by atoms with E-state index in [-0.39, 0.29) is 0 Å². The minimum Gasteiger partial charge on any atom is -0.367 e. The second-order valence-corrected chi connectivity index (χ2v) is 7.18. The summed E-state index contributed by atoms with van der Waals surface area (Å²) in [6.45, 7) is 0. The van der Waals surface area contributed by atoms with E-state index in [2.05, 4.69) is 9.72 Å². The third-order valence-electron chi connectivity index (χ3n) is 4.66. The van der Waals surface area contributed by atoms with Crippen molar-refractivity contribution in [2.75, 3.05) is 5.32 Å². The van der Waals surface area contributed by atoms with Crippen LogP contribution in [0.4, 0.5) is 5.82 Å². The molecule has 24 heavy (non-hydrogen) atoms. The van der Waals surface area contributed by atoms with Crippen molar-refractivity contribution in [1.29, 1.82) is 0 Å². The van der Waals surface area contributed by atoms with E-state index < -0.39 is 0 Å². The monoisotopic (exact) mass is 359 g/mol. The zero-order valence-corrected chi connectivity index (χ0v) is 14.8. The van der Waals surface area contributed by atoms with Crippen LogP contribution in [-0.2, 0) is 0 Å². The van der Waals surface area contributed by atoms with Crippen LogP contribution in [0.25, 0.3) is 16.9 Å². The maximum absolute atomic E-state index is 6.44. The lowest BCUT2D eigenvalue weighted by atomic mass is 9.95. The molecule has 124 valence electrons. The summed E-state index contributed by atoms with van der Waals surface area (Å²) < 4.78 is 2.11. The fourth-order valence-electron chi connectivity index (χ4n) is 3.44. The zero-order valence-electron chi connectivity index (χ0n) is 13.3. The number of hydrogen-bond acceptors (Lipinski definition) is 2. The first kappa shape index (κ1) is 15.8. The Bertz CT molecular complexity index is 866. The molecule has 1 fully saturated rings. The van der Waals surface area contributed by atoms with E-state index in [1.807, 2.05) is 36.5 Å². The SMILES string of the molecule is Clc1ccc(-c2nc3ccccn3c2NC2CCCCC2)c(Cl)c1. The summed E-state index contributed by atoms with van der Waals surface area (Å²) >= 11 is 12.5. The van der Waals surface area contributed by atoms with E-state index in [0.717, 1.165) is 22.7 Å². The van der Waals surface area contributed by atoms with Crippen LogP contribution in [0.5, 0.6) is 0 Å². The van der Waals surface area contributed by atoms with E-state index in [1.54, 1.807) is 6.07 Å². The molecule has 0 bridgehead atoms. The normalized spacial score (nSPS) is 15.8. The van der Waals surface area contributed by atoms with Gasteiger partial charge in [-0.3, -0.25) is 4.40 Å². The Morgan fingerprint density at radius 2 is 1.88 bits per heavy atom. The van der Waals surface area contributed by atoms with Gasteiger partial charge in [-0.15, -0.1) is 0 Å². The van der Waals surface area contributed by atoms with E-state index in [9.17, 15) is 0 Å². The molecule has 0 saturated heterocycles. The van der Waals surface area contributed by atoms with Gasteiger partial charge in [0.25, 0.3) is 0 Å². The van der Waals surface area contributed by atoms with Gasteiger partial charge < -0.3 is 5.32 Å². The van der Waals surface area contributed by atoms with E-state index in [1.165, 1.54) is 32.1 Å². The largest absolute Gasteiger partial charge is 0.367 e. The van der Waals surface area contributed by atoms with Crippen molar-refractivity contribution in [3.63, 3.8) is 0 Å². The molecule has 2 aromatic heterocycles. The molecule has 1 aromatic carbocycles. The maximum Gasteiger partial charge on any atom is 0.139 e. The molecule has 0 aliphatic heterocycles. The summed E-state index contributed by atoms with van der Waals surface area (Å²) in [5.41, 5.74) is 2.70. The zero-order chi connectivity index (χ0) is 16.5. The Balaban J connectivity index is 1.83. The van der Waals surface area contributed by atoms with E-state index >= 15 is 0 Å². The molecule has 1 aliphatic carbocycles. The summed E-state index contributed by atoms with van der Waals surface area (Å²) in [4.78, 5) is 4.81. The standard InChI is InChI=1S/C19H19Cl2N3/c20-13-9-10-15(16(21)12-13)18-19(22-14-6-2-1-3-7-14)24-11-5-4-8-17(24)23-18/h4-5,8-12,14,22H,1-3,6-7H2. The highest BCUT2D eigenvalue weighted by Gasteiger charge is 2.20. The van der Waals surface area contributed by atoms with Crippen LogP contribution in [0.2, 0.25) is 10.0 Å². The molecule has 0 spiro atoms. The summed E-state index contributed by atoms with van der Waals surface area (Å²) in [5.74, 6) is 1.02. The molecule has 2 heterocycles. The maximum atomic E-state index is 6.44. The fourth-order valence-corrected chi connectivity index (χ4v) is 3.94. The molecule has 0 atom stereocenters. The number of nitrogens with zero attached hydrogens (tertiary/aromatic N) is 2. The van der Waals surface area contributed by atoms with Gasteiger partial charge in [-0.1, -0.05) is 48.5 Å². The minimum atomic E-state index is 0.490. The van der Waals surface area contributed by atoms with E-state index in [0.29, 0.717) is 16.1 Å². The number of rotatable bonds is 3. The van der Waals surface area contributed by atoms with Gasteiger partial charge in [-0.05, 0) is 43.2 Å². The molecule has 0 unspecified atom stereocenters. The van der Waals surface area contributed by atoms with Crippen molar-refractivity contribution in [3.8, 4) is 11.3 Å². The highest BCUT2D eigenvalue weighted by atomic mass is 35.5. The first-order chi connectivity index (χ1) is 11.7. The molecule has 5 heteroatoms. The van der Waals surface area contributed by atoms with Crippen LogP contribution in [0.15, 0.2) is 42.6 Å². The van der Waals surface area contributed by atoms with Crippen molar-refractivity contribution in [3.05, 3.63) is 52.6 Å². The highest BCUT2D eigenvalue weighted by Crippen LogP contribution is 2.36. The number of pyridine rings is 1. The summed E-state index contributed by atoms with van der Waals surface area (Å²) in [7, 11) is 0. The first-order valence-electron chi connectivity index (χ1n) is 8.41. The summed E-state index contributed by atoms with van der Waals surface area (Å²) in [6, 6.07) is 12.1. The molecular weight excluding hydrogens is 341 g/mol. The lowest BCUT2D eigenvalue weighted by Crippen LogP contribution is -2.23. The lowest BCUT2D eigenvalue weighted by molar-refractivity contribution is 0.462. The molecule has 1 aliphatic rings. The minimum absolute atomic E-state index is 0.490. The molecule has 4 rings (SSSR count). The molecular formula is C19H19Cl2N3. The second-order valence-electron chi connectivity index (χ2n) is 6.34. The quantitative estimate of drug-likeness (QED) is 0.616. The average molecular weight is 360 g/mol. The van der Waals surface area contributed by atoms with Crippen molar-refractivity contribution < 1.29 is 0 Å². The Labute approximate surface area is 151 Å². The molecule has 3 nitrogen and oxygen atoms in total. The number of benzene rings is 1. The number of aromatic nitrogens is 2. The van der Waals surface area contributed by atoms with Crippen molar-refractivity contribution >= 4 is 34.7 Å². The average Bonchev–Trinajstić information content (AvgIpc) is 2.94. The number of halogens is 2. The predicted molar refractivity (Wildman–Crippen MR) is 101 cm³/mol. The van der Waals surface area contributed by atoms with Gasteiger partial charge in [-0.25, -0.2) is 4.98 Å². The first-order valence-corrected chi connectivity index (χ1v) is 9.17. The van der Waals surface area contributed by atoms with Gasteiger partial charge in [-0.2, -0.15) is 0 Å². The van der Waals surface area contributed by atoms with Gasteiger partial charge in [0.2, 0.25) is 0 Å². The topological polar surface area (TPSA) is 29.3 Å². The van der Waals surface area contributed by atoms with Gasteiger partial charge >= 0.3 is 0 Å². The van der Waals surface area contributed by atoms with Crippen LogP contribution in [0, 0.1) is 0 Å². The fraction of sp³-hybridized carbons (Fsp3) is 0.316. The molecule has 1 N–H and O–H groups in total. The third-order valence-corrected chi connectivity index (χ3v) is 5.21. The van der Waals surface area contributed by atoms with Crippen LogP contribution >= 0.6 is 23.2 Å². The Hall–Kier alpha value is -1.71. The van der Waals surface area contributed by atoms with E-state index in [4.69, 9.17) is 28.2 Å². The smallest absolute Gasteiger partial charge is 0.139 e. The van der Waals surface area contributed by atoms with Gasteiger partial charge in [0.05, 0.1) is 5.02 Å². The van der Waals surface area contributed by atoms with Gasteiger partial charge in [0.1, 0.15) is 17.2 Å². The number of anilines is 1. The molecule has 0 amide bonds. The third kappa shape index (κ3) is 2.99. The Morgan fingerprint density at radius 3 is 2.67 bits per heavy atom. The highest BCUT2D eigenvalue weighted by molar-refractivity contribution is 6.36. The summed E-state index contributed by atoms with van der Waals surface area (Å²) in [5, 5.41) is 4.98. The van der Waals surface area contributed by atoms with Crippen molar-refractivity contribution in [1.82, 2.24) is 9.38 Å². The Kier molecular flexibility index (Phi) is 4.38. The predicted octanol–water partition coefficient (Wildman–Crippen LogP) is 6.05. The second kappa shape index (κ2) is 6.66. The number of imidazole rings is 1. The number of nitrogens with one attached hydrogen (secondary N) is 1. The number of hydrogen-bond donors (Lipinski definition) is 1. The Morgan fingerprint density at radius 1 is 1.04 bits per heavy atom. The van der Waals surface area contributed by atoms with Gasteiger partial charge in [0.15, 0.2) is 0 Å². The van der Waals surface area contributed by atoms with Crippen molar-refractivity contribution in [2.45, 2.75) is 38.1 Å². The van der Waals surface area contributed by atoms with Crippen LogP contribution < -0.4 is 5.32 Å². The summed E-state index contributed by atoms with van der Waals surface area (Å²) in [6.07, 6.45) is 8.35. The molecule has 0 radical (unpaired) electrons. The van der Waals surface area contributed by atoms with Crippen LogP contribution in [0.1, 0.15) is 32.1 Å². The van der Waals surface area contributed by atoms with Gasteiger partial charge in [0, 0.05) is 22.8 Å². The van der Waals surface area contributed by atoms with Crippen LogP contribution in [0.3, 0.4) is 0 Å². The van der Waals surface area contributed by atoms with Crippen molar-refractivity contribution in [2.24, 2.45) is 0 Å². The number of fused-ring (bicyclic) bond motifs is 1.